The van der Waals surface area contributed by atoms with E-state index in [-0.39, 0.29) is 19.0 Å². The second-order valence-electron chi connectivity index (χ2n) is 7.45. The van der Waals surface area contributed by atoms with Crippen molar-refractivity contribution in [2.75, 3.05) is 11.9 Å². The number of aryl methyl sites for hydroxylation is 1. The van der Waals surface area contributed by atoms with Crippen molar-refractivity contribution in [1.29, 1.82) is 0 Å². The van der Waals surface area contributed by atoms with Gasteiger partial charge in [-0.1, -0.05) is 12.1 Å². The predicted molar refractivity (Wildman–Crippen MR) is 109 cm³/mol. The highest BCUT2D eigenvalue weighted by Gasteiger charge is 2.28. The highest BCUT2D eigenvalue weighted by Crippen LogP contribution is 2.38. The molecule has 0 atom stereocenters. The van der Waals surface area contributed by atoms with E-state index in [1.807, 2.05) is 6.07 Å². The SMILES string of the molecule is O=C1Nc2c(ccc3c2CCC3)-c2cc(F)nc(c2)OCCn2cc(F)c(n2)S(=O)(=O)N1. The third kappa shape index (κ3) is 3.66. The molecule has 3 aromatic rings. The lowest BCUT2D eigenvalue weighted by molar-refractivity contribution is 0.256. The first-order valence-corrected chi connectivity index (χ1v) is 11.3. The highest BCUT2D eigenvalue weighted by molar-refractivity contribution is 7.90. The normalized spacial score (nSPS) is 17.1. The Balaban J connectivity index is 1.66. The second kappa shape index (κ2) is 7.55. The fourth-order valence-electron chi connectivity index (χ4n) is 3.98. The Labute approximate surface area is 181 Å². The van der Waals surface area contributed by atoms with Crippen LogP contribution in [0.5, 0.6) is 5.88 Å². The molecule has 0 spiro atoms. The number of halogens is 2. The minimum absolute atomic E-state index is 0.00811. The minimum atomic E-state index is -4.58. The average molecular weight is 461 g/mol. The van der Waals surface area contributed by atoms with Crippen LogP contribution in [0.3, 0.4) is 0 Å². The largest absolute Gasteiger partial charge is 0.476 e. The van der Waals surface area contributed by atoms with Gasteiger partial charge in [-0.3, -0.25) is 4.68 Å². The van der Waals surface area contributed by atoms with Gasteiger partial charge in [-0.05, 0) is 36.0 Å². The van der Waals surface area contributed by atoms with E-state index in [0.717, 1.165) is 34.8 Å². The number of urea groups is 1. The molecule has 5 rings (SSSR count). The second-order valence-corrected chi connectivity index (χ2v) is 9.05. The summed E-state index contributed by atoms with van der Waals surface area (Å²) in [5.41, 5.74) is 3.07. The van der Waals surface area contributed by atoms with Crippen molar-refractivity contribution in [1.82, 2.24) is 19.5 Å². The summed E-state index contributed by atoms with van der Waals surface area (Å²) >= 11 is 0. The van der Waals surface area contributed by atoms with E-state index in [2.05, 4.69) is 15.4 Å². The highest BCUT2D eigenvalue weighted by atomic mass is 32.2. The first-order valence-electron chi connectivity index (χ1n) is 9.82. The molecule has 2 aromatic heterocycles. The van der Waals surface area contributed by atoms with Crippen LogP contribution >= 0.6 is 0 Å². The molecule has 0 saturated heterocycles. The lowest BCUT2D eigenvalue weighted by Crippen LogP contribution is -2.35. The van der Waals surface area contributed by atoms with E-state index in [4.69, 9.17) is 4.74 Å². The van der Waals surface area contributed by atoms with Crippen molar-refractivity contribution >= 4 is 21.7 Å². The summed E-state index contributed by atoms with van der Waals surface area (Å²) in [5, 5.41) is 5.35. The van der Waals surface area contributed by atoms with Crippen LogP contribution in [0.15, 0.2) is 35.5 Å². The zero-order chi connectivity index (χ0) is 22.5. The molecule has 4 bridgehead atoms. The molecule has 1 aliphatic carbocycles. The standard InChI is InChI=1S/C20H17F2N5O4S/c21-15-10-27-6-7-31-17-9-12(8-16(22)23-17)14-5-4-11-2-1-3-13(11)18(14)24-20(28)26-32(29,30)19(15)25-27/h4-5,8-10H,1-3,6-7H2,(H2,24,26,28). The van der Waals surface area contributed by atoms with Crippen molar-refractivity contribution in [2.24, 2.45) is 0 Å². The molecule has 32 heavy (non-hydrogen) atoms. The number of rotatable bonds is 0. The van der Waals surface area contributed by atoms with Gasteiger partial charge in [-0.2, -0.15) is 22.9 Å². The van der Waals surface area contributed by atoms with E-state index in [0.29, 0.717) is 23.2 Å². The number of carbonyl (C=O) groups excluding carboxylic acids is 1. The maximum absolute atomic E-state index is 14.3. The lowest BCUT2D eigenvalue weighted by Gasteiger charge is -2.17. The van der Waals surface area contributed by atoms with Gasteiger partial charge in [0.05, 0.1) is 18.4 Å². The maximum atomic E-state index is 14.3. The summed E-state index contributed by atoms with van der Waals surface area (Å²) in [5.74, 6) is -1.91. The van der Waals surface area contributed by atoms with E-state index in [1.165, 1.54) is 12.1 Å². The predicted octanol–water partition coefficient (Wildman–Crippen LogP) is 2.61. The smallest absolute Gasteiger partial charge is 0.333 e. The first kappa shape index (κ1) is 20.4. The number of fused-ring (bicyclic) bond motifs is 8. The summed E-state index contributed by atoms with van der Waals surface area (Å²) < 4.78 is 61.9. The van der Waals surface area contributed by atoms with Gasteiger partial charge in [0.2, 0.25) is 16.9 Å². The number of nitrogens with zero attached hydrogens (tertiary/aromatic N) is 3. The molecular formula is C20H17F2N5O4S. The number of hydrogen-bond donors (Lipinski definition) is 2. The molecule has 0 radical (unpaired) electrons. The van der Waals surface area contributed by atoms with Crippen LogP contribution in [0, 0.1) is 11.8 Å². The van der Waals surface area contributed by atoms with Gasteiger partial charge in [0.1, 0.15) is 6.61 Å². The topological polar surface area (TPSA) is 115 Å². The lowest BCUT2D eigenvalue weighted by atomic mass is 9.98. The van der Waals surface area contributed by atoms with Gasteiger partial charge in [0, 0.05) is 17.7 Å². The molecule has 1 aliphatic heterocycles. The summed E-state index contributed by atoms with van der Waals surface area (Å²) in [6, 6.07) is 5.27. The number of carbonyl (C=O) groups is 1. The molecule has 166 valence electrons. The molecule has 12 heteroatoms. The van der Waals surface area contributed by atoms with E-state index >= 15 is 0 Å². The van der Waals surface area contributed by atoms with Crippen LogP contribution < -0.4 is 14.8 Å². The van der Waals surface area contributed by atoms with E-state index < -0.39 is 32.8 Å². The molecule has 0 unspecified atom stereocenters. The Hall–Kier alpha value is -3.54. The molecular weight excluding hydrogens is 444 g/mol. The average Bonchev–Trinajstić information content (AvgIpc) is 3.33. The zero-order valence-electron chi connectivity index (χ0n) is 16.6. The molecule has 2 amide bonds. The zero-order valence-corrected chi connectivity index (χ0v) is 17.4. The third-order valence-corrected chi connectivity index (χ3v) is 6.58. The van der Waals surface area contributed by atoms with Crippen LogP contribution in [0.4, 0.5) is 19.3 Å². The number of ether oxygens (including phenoxy) is 1. The molecule has 1 aromatic carbocycles. The summed E-state index contributed by atoms with van der Waals surface area (Å²) in [4.78, 5) is 16.4. The molecule has 0 fully saturated rings. The van der Waals surface area contributed by atoms with Crippen LogP contribution in [0.1, 0.15) is 17.5 Å². The van der Waals surface area contributed by atoms with Gasteiger partial charge in [-0.25, -0.2) is 13.9 Å². The van der Waals surface area contributed by atoms with Crippen molar-refractivity contribution < 1.29 is 26.7 Å². The van der Waals surface area contributed by atoms with Crippen molar-refractivity contribution in [3.63, 3.8) is 0 Å². The number of hydrogen-bond acceptors (Lipinski definition) is 6. The Morgan fingerprint density at radius 2 is 2.00 bits per heavy atom. The minimum Gasteiger partial charge on any atom is -0.476 e. The van der Waals surface area contributed by atoms with Crippen molar-refractivity contribution in [2.45, 2.75) is 30.8 Å². The van der Waals surface area contributed by atoms with Crippen LogP contribution in [0.2, 0.25) is 0 Å². The quantitative estimate of drug-likeness (QED) is 0.498. The fourth-order valence-corrected chi connectivity index (χ4v) is 4.89. The van der Waals surface area contributed by atoms with Crippen LogP contribution in [-0.2, 0) is 29.4 Å². The van der Waals surface area contributed by atoms with Gasteiger partial charge in [-0.15, -0.1) is 0 Å². The van der Waals surface area contributed by atoms with Gasteiger partial charge in [0.25, 0.3) is 10.0 Å². The summed E-state index contributed by atoms with van der Waals surface area (Å²) in [6.45, 7) is -0.103. The number of pyridine rings is 1. The number of nitrogens with one attached hydrogen (secondary N) is 2. The number of anilines is 1. The number of sulfonamides is 1. The van der Waals surface area contributed by atoms with Gasteiger partial charge in [0.15, 0.2) is 5.82 Å². The molecule has 0 saturated carbocycles. The molecule has 9 nitrogen and oxygen atoms in total. The summed E-state index contributed by atoms with van der Waals surface area (Å²) in [7, 11) is -4.58. The number of aromatic nitrogens is 3. The Morgan fingerprint density at radius 1 is 1.16 bits per heavy atom. The third-order valence-electron chi connectivity index (χ3n) is 5.34. The molecule has 2 N–H and O–H groups in total. The number of benzene rings is 1. The molecule has 2 aliphatic rings. The Morgan fingerprint density at radius 3 is 2.84 bits per heavy atom. The van der Waals surface area contributed by atoms with Crippen LogP contribution in [-0.4, -0.2) is 35.8 Å². The van der Waals surface area contributed by atoms with E-state index in [1.54, 1.807) is 10.8 Å². The van der Waals surface area contributed by atoms with Gasteiger partial charge < -0.3 is 10.1 Å². The van der Waals surface area contributed by atoms with Gasteiger partial charge >= 0.3 is 6.03 Å². The first-order chi connectivity index (χ1) is 15.3. The fraction of sp³-hybridized carbons (Fsp3) is 0.250. The van der Waals surface area contributed by atoms with E-state index in [9.17, 15) is 22.0 Å². The van der Waals surface area contributed by atoms with Crippen molar-refractivity contribution in [3.05, 3.63) is 53.4 Å². The van der Waals surface area contributed by atoms with Crippen molar-refractivity contribution in [3.8, 4) is 17.0 Å². The Kier molecular flexibility index (Phi) is 4.81. The number of amides is 2. The van der Waals surface area contributed by atoms with Crippen LogP contribution in [0.25, 0.3) is 11.1 Å². The molecule has 3 heterocycles. The maximum Gasteiger partial charge on any atom is 0.333 e. The monoisotopic (exact) mass is 461 g/mol. The Bertz CT molecular complexity index is 1360. The summed E-state index contributed by atoms with van der Waals surface area (Å²) in [6.07, 6.45) is 3.18.